The summed E-state index contributed by atoms with van der Waals surface area (Å²) in [5, 5.41) is 0.558. The van der Waals surface area contributed by atoms with E-state index in [2.05, 4.69) is 0 Å². The molecule has 0 saturated carbocycles. The number of halogens is 2. The second-order valence-corrected chi connectivity index (χ2v) is 7.29. The molecule has 0 aliphatic carbocycles. The monoisotopic (exact) mass is 327 g/mol. The summed E-state index contributed by atoms with van der Waals surface area (Å²) in [7, 11) is 0. The van der Waals surface area contributed by atoms with Gasteiger partial charge in [-0.2, -0.15) is 0 Å². The van der Waals surface area contributed by atoms with Crippen LogP contribution in [0.3, 0.4) is 0 Å². The van der Waals surface area contributed by atoms with Crippen LogP contribution in [0.15, 0.2) is 18.2 Å². The van der Waals surface area contributed by atoms with E-state index >= 15 is 0 Å². The minimum absolute atomic E-state index is 0.209. The quantitative estimate of drug-likeness (QED) is 0.790. The van der Waals surface area contributed by atoms with Crippen molar-refractivity contribution in [3.8, 4) is 0 Å². The second-order valence-electron chi connectivity index (χ2n) is 6.85. The highest BCUT2D eigenvalue weighted by molar-refractivity contribution is 6.30. The Kier molecular flexibility index (Phi) is 5.32. The summed E-state index contributed by atoms with van der Waals surface area (Å²) in [6.45, 7) is 6.89. The van der Waals surface area contributed by atoms with Crippen molar-refractivity contribution >= 4 is 17.7 Å². The lowest BCUT2D eigenvalue weighted by atomic mass is 9.90. The smallest absolute Gasteiger partial charge is 0.410 e. The van der Waals surface area contributed by atoms with Gasteiger partial charge in [0.05, 0.1) is 0 Å². The predicted octanol–water partition coefficient (Wildman–Crippen LogP) is 4.67. The van der Waals surface area contributed by atoms with Crippen LogP contribution in [0.4, 0.5) is 9.18 Å². The summed E-state index contributed by atoms with van der Waals surface area (Å²) >= 11 is 5.92. The number of amides is 1. The molecule has 1 fully saturated rings. The highest BCUT2D eigenvalue weighted by Crippen LogP contribution is 2.25. The summed E-state index contributed by atoms with van der Waals surface area (Å²) in [5.41, 5.74) is 0.181. The Bertz CT molecular complexity index is 534. The van der Waals surface area contributed by atoms with Crippen LogP contribution in [-0.4, -0.2) is 29.7 Å². The largest absolute Gasteiger partial charge is 0.444 e. The van der Waals surface area contributed by atoms with Gasteiger partial charge in [0.1, 0.15) is 11.4 Å². The molecule has 5 heteroatoms. The van der Waals surface area contributed by atoms with E-state index in [1.54, 1.807) is 17.0 Å². The van der Waals surface area contributed by atoms with E-state index in [4.69, 9.17) is 16.3 Å². The number of piperidine rings is 1. The zero-order chi connectivity index (χ0) is 16.3. The zero-order valence-electron chi connectivity index (χ0n) is 13.4. The van der Waals surface area contributed by atoms with Gasteiger partial charge in [-0.05, 0) is 69.7 Å². The molecule has 1 aliphatic heterocycles. The van der Waals surface area contributed by atoms with E-state index in [1.807, 2.05) is 20.8 Å². The molecule has 1 saturated heterocycles. The predicted molar refractivity (Wildman–Crippen MR) is 85.6 cm³/mol. The van der Waals surface area contributed by atoms with E-state index < -0.39 is 5.60 Å². The lowest BCUT2D eigenvalue weighted by Gasteiger charge is -2.33. The number of carbonyl (C=O) groups is 1. The Balaban J connectivity index is 1.87. The van der Waals surface area contributed by atoms with Crippen molar-refractivity contribution in [1.82, 2.24) is 4.90 Å². The van der Waals surface area contributed by atoms with E-state index in [0.717, 1.165) is 12.8 Å². The Labute approximate surface area is 136 Å². The number of hydrogen-bond donors (Lipinski definition) is 0. The van der Waals surface area contributed by atoms with Gasteiger partial charge in [0, 0.05) is 18.1 Å². The Morgan fingerprint density at radius 3 is 2.59 bits per heavy atom. The zero-order valence-corrected chi connectivity index (χ0v) is 14.1. The molecule has 0 radical (unpaired) electrons. The minimum Gasteiger partial charge on any atom is -0.444 e. The van der Waals surface area contributed by atoms with Crippen LogP contribution in [0.1, 0.15) is 39.2 Å². The van der Waals surface area contributed by atoms with E-state index in [1.165, 1.54) is 6.07 Å². The first-order chi connectivity index (χ1) is 10.2. The third kappa shape index (κ3) is 4.87. The van der Waals surface area contributed by atoms with Crippen LogP contribution >= 0.6 is 11.6 Å². The number of carbonyl (C=O) groups excluding carboxylic acids is 1. The highest BCUT2D eigenvalue weighted by Gasteiger charge is 2.27. The first-order valence-corrected chi connectivity index (χ1v) is 8.04. The van der Waals surface area contributed by atoms with E-state index in [0.29, 0.717) is 36.0 Å². The van der Waals surface area contributed by atoms with Crippen molar-refractivity contribution in [3.05, 3.63) is 34.6 Å². The van der Waals surface area contributed by atoms with Crippen LogP contribution in [0.5, 0.6) is 0 Å². The molecule has 0 spiro atoms. The van der Waals surface area contributed by atoms with Gasteiger partial charge in [-0.25, -0.2) is 9.18 Å². The number of hydrogen-bond acceptors (Lipinski definition) is 2. The number of likely N-dealkylation sites (tertiary alicyclic amines) is 1. The Hall–Kier alpha value is -1.29. The molecule has 2 rings (SSSR count). The van der Waals surface area contributed by atoms with Gasteiger partial charge in [0.2, 0.25) is 0 Å². The van der Waals surface area contributed by atoms with Crippen molar-refractivity contribution in [2.24, 2.45) is 5.92 Å². The average molecular weight is 328 g/mol. The van der Waals surface area contributed by atoms with Gasteiger partial charge in [0.25, 0.3) is 0 Å². The fourth-order valence-electron chi connectivity index (χ4n) is 2.66. The number of ether oxygens (including phenoxy) is 1. The number of benzene rings is 1. The minimum atomic E-state index is -0.474. The molecule has 3 nitrogen and oxygen atoms in total. The maximum absolute atomic E-state index is 13.8. The normalized spacial score (nSPS) is 16.7. The molecule has 0 aromatic heterocycles. The maximum atomic E-state index is 13.8. The molecule has 1 amide bonds. The number of nitrogens with zero attached hydrogens (tertiary/aromatic N) is 1. The molecule has 0 bridgehead atoms. The van der Waals surface area contributed by atoms with Gasteiger partial charge in [-0.1, -0.05) is 11.6 Å². The molecule has 22 heavy (non-hydrogen) atoms. The van der Waals surface area contributed by atoms with Crippen LogP contribution in [-0.2, 0) is 11.2 Å². The molecular weight excluding hydrogens is 305 g/mol. The van der Waals surface area contributed by atoms with Crippen molar-refractivity contribution in [3.63, 3.8) is 0 Å². The van der Waals surface area contributed by atoms with Gasteiger partial charge < -0.3 is 9.64 Å². The number of rotatable bonds is 2. The van der Waals surface area contributed by atoms with E-state index in [-0.39, 0.29) is 11.9 Å². The summed E-state index contributed by atoms with van der Waals surface area (Å²) in [4.78, 5) is 13.7. The molecular formula is C17H23ClFNO2. The standard InChI is InChI=1S/C17H23ClFNO2/c1-17(2,3)22-16(21)20-8-6-12(7-9-20)10-13-11-14(18)4-5-15(13)19/h4-5,11-12H,6-10H2,1-3H3. The molecule has 0 N–H and O–H groups in total. The molecule has 0 unspecified atom stereocenters. The van der Waals surface area contributed by atoms with Gasteiger partial charge in [-0.3, -0.25) is 0 Å². The SMILES string of the molecule is CC(C)(C)OC(=O)N1CCC(Cc2cc(Cl)ccc2F)CC1. The second kappa shape index (κ2) is 6.86. The third-order valence-electron chi connectivity index (χ3n) is 3.78. The maximum Gasteiger partial charge on any atom is 0.410 e. The first-order valence-electron chi connectivity index (χ1n) is 7.66. The first kappa shape index (κ1) is 17.1. The molecule has 1 aliphatic rings. The topological polar surface area (TPSA) is 29.5 Å². The third-order valence-corrected chi connectivity index (χ3v) is 4.02. The molecule has 1 aromatic carbocycles. The average Bonchev–Trinajstić information content (AvgIpc) is 2.42. The highest BCUT2D eigenvalue weighted by atomic mass is 35.5. The lowest BCUT2D eigenvalue weighted by Crippen LogP contribution is -2.42. The summed E-state index contributed by atoms with van der Waals surface area (Å²) in [6.07, 6.45) is 2.10. The van der Waals surface area contributed by atoms with Crippen LogP contribution in [0, 0.1) is 11.7 Å². The van der Waals surface area contributed by atoms with E-state index in [9.17, 15) is 9.18 Å². The molecule has 0 atom stereocenters. The van der Waals surface area contributed by atoms with Crippen LogP contribution in [0.2, 0.25) is 5.02 Å². The lowest BCUT2D eigenvalue weighted by molar-refractivity contribution is 0.0184. The van der Waals surface area contributed by atoms with Crippen molar-refractivity contribution < 1.29 is 13.9 Å². The van der Waals surface area contributed by atoms with Crippen molar-refractivity contribution in [2.45, 2.75) is 45.6 Å². The summed E-state index contributed by atoms with van der Waals surface area (Å²) in [6, 6.07) is 4.66. The van der Waals surface area contributed by atoms with Crippen molar-refractivity contribution in [2.75, 3.05) is 13.1 Å². The summed E-state index contributed by atoms with van der Waals surface area (Å²) in [5.74, 6) is 0.158. The fourth-order valence-corrected chi connectivity index (χ4v) is 2.85. The van der Waals surface area contributed by atoms with Crippen LogP contribution in [0.25, 0.3) is 0 Å². The molecule has 122 valence electrons. The summed E-state index contributed by atoms with van der Waals surface area (Å²) < 4.78 is 19.1. The van der Waals surface area contributed by atoms with Crippen molar-refractivity contribution in [1.29, 1.82) is 0 Å². The molecule has 1 heterocycles. The van der Waals surface area contributed by atoms with Gasteiger partial charge in [-0.15, -0.1) is 0 Å². The van der Waals surface area contributed by atoms with Crippen LogP contribution < -0.4 is 0 Å². The Morgan fingerprint density at radius 2 is 2.00 bits per heavy atom. The van der Waals surface area contributed by atoms with Gasteiger partial charge >= 0.3 is 6.09 Å². The fraction of sp³-hybridized carbons (Fsp3) is 0.588. The molecule has 1 aromatic rings. The van der Waals surface area contributed by atoms with Gasteiger partial charge in [0.15, 0.2) is 0 Å². The Morgan fingerprint density at radius 1 is 1.36 bits per heavy atom.